The summed E-state index contributed by atoms with van der Waals surface area (Å²) in [5, 5.41) is 30.8. The molecule has 1 aliphatic heterocycles. The number of esters is 2. The molecule has 0 bridgehead atoms. The number of unbranched alkanes of at least 4 members (excludes halogenated alkanes) is 7. The highest BCUT2D eigenvalue weighted by Crippen LogP contribution is 2.36. The first kappa shape index (κ1) is 51.3. The Morgan fingerprint density at radius 2 is 1.30 bits per heavy atom. The van der Waals surface area contributed by atoms with E-state index in [9.17, 15) is 29.5 Å². The summed E-state index contributed by atoms with van der Waals surface area (Å²) >= 11 is 0. The third-order valence-corrected chi connectivity index (χ3v) is 9.48. The van der Waals surface area contributed by atoms with Gasteiger partial charge in [-0.3, -0.25) is 14.1 Å². The molecule has 5 N–H and O–H groups in total. The van der Waals surface area contributed by atoms with Gasteiger partial charge in [-0.25, -0.2) is 4.57 Å². The van der Waals surface area contributed by atoms with E-state index in [1.54, 1.807) is 12.2 Å². The monoisotopic (exact) mass is 810 g/mol. The van der Waals surface area contributed by atoms with E-state index in [0.29, 0.717) is 38.5 Å². The van der Waals surface area contributed by atoms with Gasteiger partial charge in [0, 0.05) is 25.2 Å². The minimum atomic E-state index is -4.84. The number of aliphatic hydroxyl groups excluding tert-OH is 3. The van der Waals surface area contributed by atoms with Crippen LogP contribution in [0, 0.1) is 5.92 Å². The maximum Gasteiger partial charge on any atom is 0.469 e. The minimum Gasteiger partial charge on any atom is -0.462 e. The van der Waals surface area contributed by atoms with Gasteiger partial charge >= 0.3 is 19.8 Å². The fraction of sp³-hybridized carbons (Fsp3) is 0.674. The van der Waals surface area contributed by atoms with Crippen LogP contribution in [0.4, 0.5) is 0 Å². The normalized spacial score (nSPS) is 20.7. The fourth-order valence-corrected chi connectivity index (χ4v) is 6.18. The van der Waals surface area contributed by atoms with Crippen LogP contribution in [0.3, 0.4) is 0 Å². The summed E-state index contributed by atoms with van der Waals surface area (Å²) in [6.07, 6.45) is 33.9. The number of phosphoric ester groups is 1. The van der Waals surface area contributed by atoms with E-state index in [2.05, 4.69) is 54.8 Å². The van der Waals surface area contributed by atoms with Crippen molar-refractivity contribution in [2.24, 2.45) is 5.92 Å². The molecule has 0 saturated carbocycles. The van der Waals surface area contributed by atoms with Gasteiger partial charge in [-0.05, 0) is 70.6 Å². The lowest BCUT2D eigenvalue weighted by Gasteiger charge is -2.36. The Morgan fingerprint density at radius 3 is 1.91 bits per heavy atom. The average molecular weight is 811 g/mol. The Labute approximate surface area is 335 Å². The van der Waals surface area contributed by atoms with Crippen LogP contribution < -0.4 is 0 Å². The van der Waals surface area contributed by atoms with Gasteiger partial charge in [-0.15, -0.1) is 0 Å². The molecule has 0 aromatic heterocycles. The first-order valence-electron chi connectivity index (χ1n) is 20.6. The molecule has 1 aliphatic rings. The highest BCUT2D eigenvalue weighted by molar-refractivity contribution is 7.46. The Hall–Kier alpha value is -2.67. The number of allylic oxidation sites excluding steroid dienone is 10. The van der Waals surface area contributed by atoms with Gasteiger partial charge in [0.05, 0.1) is 24.9 Å². The quantitative estimate of drug-likeness (QED) is 0.0189. The summed E-state index contributed by atoms with van der Waals surface area (Å²) in [4.78, 5) is 43.0. The smallest absolute Gasteiger partial charge is 0.462 e. The first-order valence-corrected chi connectivity index (χ1v) is 22.2. The molecular formula is C43H71O12P. The number of hydrogen-bond donors (Lipinski definition) is 5. The third kappa shape index (κ3) is 29.6. The largest absolute Gasteiger partial charge is 0.469 e. The SMILES string of the molecule is CCCCC/C=C\C/C=C\C/C=C\C/C=C\CCCC(=O)O[C@H](COC(=O)CCC/C=C\C[C@H]1[C@@H](O)CC(O)O[C@@H]1/C=C/[C@@H](O)CCCCC)COP(=O)(O)O. The van der Waals surface area contributed by atoms with Crippen molar-refractivity contribution in [3.63, 3.8) is 0 Å². The predicted molar refractivity (Wildman–Crippen MR) is 219 cm³/mol. The van der Waals surface area contributed by atoms with Gasteiger partial charge in [-0.2, -0.15) is 0 Å². The molecule has 56 heavy (non-hydrogen) atoms. The van der Waals surface area contributed by atoms with Crippen molar-refractivity contribution in [1.82, 2.24) is 0 Å². The standard InChI is InChI=1S/C43H71O12P/c1-3-5-7-8-9-10-11-12-13-14-15-16-17-18-19-20-26-30-42(47)54-37(35-53-56(49,50)51)34-52-41(46)29-25-22-21-24-28-38-39(45)33-43(48)55-40(38)32-31-36(44)27-23-6-4-2/h9-10,12-13,15-16,18-19,21,24,31-32,36-40,43-45,48H,3-8,11,14,17,20,22-23,25-30,33-35H2,1-2H3,(H2,49,50,51)/b10-9-,13-12-,16-15-,19-18-,24-21-,32-31+/t36-,37+,38-,39-,40+,43?/m0/s1. The number of carbonyl (C=O) groups excluding carboxylic acids is 2. The molecule has 0 radical (unpaired) electrons. The van der Waals surface area contributed by atoms with Crippen molar-refractivity contribution >= 4 is 19.8 Å². The van der Waals surface area contributed by atoms with Crippen molar-refractivity contribution in [1.29, 1.82) is 0 Å². The topological polar surface area (TPSA) is 189 Å². The molecule has 6 atom stereocenters. The number of phosphoric acid groups is 1. The highest BCUT2D eigenvalue weighted by atomic mass is 31.2. The van der Waals surface area contributed by atoms with Crippen LogP contribution in [-0.4, -0.2) is 81.0 Å². The summed E-state index contributed by atoms with van der Waals surface area (Å²) < 4.78 is 31.9. The van der Waals surface area contributed by atoms with Crippen LogP contribution in [0.1, 0.15) is 136 Å². The van der Waals surface area contributed by atoms with Crippen molar-refractivity contribution < 1.29 is 58.0 Å². The van der Waals surface area contributed by atoms with E-state index in [1.165, 1.54) is 19.3 Å². The maximum atomic E-state index is 12.4. The number of ether oxygens (including phenoxy) is 3. The summed E-state index contributed by atoms with van der Waals surface area (Å²) in [5.74, 6) is -1.47. The van der Waals surface area contributed by atoms with E-state index in [0.717, 1.165) is 44.9 Å². The second-order valence-corrected chi connectivity index (χ2v) is 15.4. The van der Waals surface area contributed by atoms with Crippen LogP contribution in [0.2, 0.25) is 0 Å². The zero-order valence-corrected chi connectivity index (χ0v) is 34.7. The van der Waals surface area contributed by atoms with Crippen LogP contribution in [0.5, 0.6) is 0 Å². The van der Waals surface area contributed by atoms with Gasteiger partial charge in [0.15, 0.2) is 12.4 Å². The van der Waals surface area contributed by atoms with Gasteiger partial charge in [-0.1, -0.05) is 119 Å². The van der Waals surface area contributed by atoms with E-state index >= 15 is 0 Å². The van der Waals surface area contributed by atoms with Gasteiger partial charge in [0.25, 0.3) is 0 Å². The summed E-state index contributed by atoms with van der Waals surface area (Å²) in [5.41, 5.74) is 0. The summed E-state index contributed by atoms with van der Waals surface area (Å²) in [7, 11) is -4.84. The Balaban J connectivity index is 2.38. The first-order chi connectivity index (χ1) is 26.9. The van der Waals surface area contributed by atoms with E-state index in [4.69, 9.17) is 24.0 Å². The lowest BCUT2D eigenvalue weighted by Crippen LogP contribution is -2.43. The molecule has 0 amide bonds. The van der Waals surface area contributed by atoms with Crippen LogP contribution in [-0.2, 0) is 32.9 Å². The van der Waals surface area contributed by atoms with E-state index < -0.39 is 63.7 Å². The molecule has 1 heterocycles. The van der Waals surface area contributed by atoms with Crippen molar-refractivity contribution in [3.8, 4) is 0 Å². The fourth-order valence-electron chi connectivity index (χ4n) is 5.81. The number of rotatable bonds is 32. The van der Waals surface area contributed by atoms with Gasteiger partial charge < -0.3 is 39.3 Å². The maximum absolute atomic E-state index is 12.4. The Bertz CT molecular complexity index is 1250. The minimum absolute atomic E-state index is 0.0576. The lowest BCUT2D eigenvalue weighted by molar-refractivity contribution is -0.199. The Morgan fingerprint density at radius 1 is 0.750 bits per heavy atom. The zero-order chi connectivity index (χ0) is 41.3. The van der Waals surface area contributed by atoms with Crippen molar-refractivity contribution in [2.45, 2.75) is 167 Å². The molecule has 0 aromatic rings. The van der Waals surface area contributed by atoms with E-state index in [-0.39, 0.29) is 25.2 Å². The molecule has 12 nitrogen and oxygen atoms in total. The number of carbonyl (C=O) groups is 2. The number of aliphatic hydroxyl groups is 3. The molecule has 1 saturated heterocycles. The lowest BCUT2D eigenvalue weighted by atomic mass is 9.87. The van der Waals surface area contributed by atoms with E-state index in [1.807, 2.05) is 24.3 Å². The van der Waals surface area contributed by atoms with Crippen LogP contribution >= 0.6 is 7.82 Å². The highest BCUT2D eigenvalue weighted by Gasteiger charge is 2.35. The average Bonchev–Trinajstić information content (AvgIpc) is 3.14. The van der Waals surface area contributed by atoms with Crippen molar-refractivity contribution in [3.05, 3.63) is 72.9 Å². The molecule has 320 valence electrons. The molecule has 0 aromatic carbocycles. The molecular weight excluding hydrogens is 739 g/mol. The second-order valence-electron chi connectivity index (χ2n) is 14.1. The zero-order valence-electron chi connectivity index (χ0n) is 33.8. The molecule has 1 fully saturated rings. The molecule has 13 heteroatoms. The Kier molecular flexibility index (Phi) is 30.5. The van der Waals surface area contributed by atoms with Gasteiger partial charge in [0.1, 0.15) is 6.61 Å². The molecule has 1 rings (SSSR count). The van der Waals surface area contributed by atoms with Gasteiger partial charge in [0.2, 0.25) is 0 Å². The molecule has 0 spiro atoms. The third-order valence-electron chi connectivity index (χ3n) is 8.99. The predicted octanol–water partition coefficient (Wildman–Crippen LogP) is 8.39. The summed E-state index contributed by atoms with van der Waals surface area (Å²) in [6, 6.07) is 0. The second kappa shape index (κ2) is 33.3. The summed E-state index contributed by atoms with van der Waals surface area (Å²) in [6.45, 7) is 3.26. The van der Waals surface area contributed by atoms with Crippen molar-refractivity contribution in [2.75, 3.05) is 13.2 Å². The molecule has 1 unspecified atom stereocenters. The van der Waals surface area contributed by atoms with Crippen LogP contribution in [0.25, 0.3) is 0 Å². The molecule has 0 aliphatic carbocycles. The van der Waals surface area contributed by atoms with Crippen LogP contribution in [0.15, 0.2) is 72.9 Å². The number of hydrogen-bond acceptors (Lipinski definition) is 10.